The highest BCUT2D eigenvalue weighted by molar-refractivity contribution is 7.92. The topological polar surface area (TPSA) is 80.8 Å². The van der Waals surface area contributed by atoms with Gasteiger partial charge in [0, 0.05) is 13.1 Å². The van der Waals surface area contributed by atoms with E-state index in [2.05, 4.69) is 14.6 Å². The van der Waals surface area contributed by atoms with Gasteiger partial charge in [0.1, 0.15) is 5.75 Å². The monoisotopic (exact) mass is 419 g/mol. The first-order valence-electron chi connectivity index (χ1n) is 9.04. The molecular weight excluding hydrogens is 398 g/mol. The predicted octanol–water partition coefficient (Wildman–Crippen LogP) is 3.33. The molecule has 0 atom stereocenters. The van der Waals surface area contributed by atoms with Crippen LogP contribution in [0.2, 0.25) is 0 Å². The van der Waals surface area contributed by atoms with Crippen LogP contribution in [0.15, 0.2) is 47.4 Å². The fourth-order valence-corrected chi connectivity index (χ4v) is 5.07. The molecule has 1 aliphatic rings. The molecule has 0 radical (unpaired) electrons. The third-order valence-electron chi connectivity index (χ3n) is 4.36. The largest absolute Gasteiger partial charge is 0.494 e. The minimum absolute atomic E-state index is 0.189. The van der Waals surface area contributed by atoms with E-state index in [-0.39, 0.29) is 4.90 Å². The molecule has 1 saturated heterocycles. The Morgan fingerprint density at radius 2 is 1.93 bits per heavy atom. The van der Waals surface area contributed by atoms with E-state index in [4.69, 9.17) is 9.47 Å². The Labute approximate surface area is 168 Å². The van der Waals surface area contributed by atoms with Gasteiger partial charge in [-0.2, -0.15) is 0 Å². The summed E-state index contributed by atoms with van der Waals surface area (Å²) in [4.78, 5) is 7.04. The second-order valence-corrected chi connectivity index (χ2v) is 8.98. The highest BCUT2D eigenvalue weighted by atomic mass is 32.2. The van der Waals surface area contributed by atoms with Gasteiger partial charge in [0.15, 0.2) is 5.13 Å². The Morgan fingerprint density at radius 1 is 1.18 bits per heavy atom. The SMILES string of the molecule is CCOc1ccc(S(=O)(=O)Nc2ccc3nc(N4CCOCC4)sc3c2)cc1. The fraction of sp³-hybridized carbons (Fsp3) is 0.316. The molecule has 1 fully saturated rings. The summed E-state index contributed by atoms with van der Waals surface area (Å²) in [6.45, 7) is 5.44. The van der Waals surface area contributed by atoms with Crippen molar-refractivity contribution in [2.75, 3.05) is 42.5 Å². The maximum Gasteiger partial charge on any atom is 0.261 e. The van der Waals surface area contributed by atoms with Crippen molar-refractivity contribution in [1.82, 2.24) is 4.98 Å². The maximum atomic E-state index is 12.7. The summed E-state index contributed by atoms with van der Waals surface area (Å²) in [7, 11) is -3.68. The number of benzene rings is 2. The number of aromatic nitrogens is 1. The van der Waals surface area contributed by atoms with Crippen molar-refractivity contribution in [1.29, 1.82) is 0 Å². The van der Waals surface area contributed by atoms with Gasteiger partial charge in [0.05, 0.1) is 40.6 Å². The van der Waals surface area contributed by atoms with Crippen molar-refractivity contribution in [3.8, 4) is 5.75 Å². The molecular formula is C19H21N3O4S2. The zero-order valence-electron chi connectivity index (χ0n) is 15.4. The Balaban J connectivity index is 1.54. The Kier molecular flexibility index (Phi) is 5.38. The van der Waals surface area contributed by atoms with Crippen molar-refractivity contribution in [3.05, 3.63) is 42.5 Å². The first kappa shape index (κ1) is 19.0. The average molecular weight is 420 g/mol. The van der Waals surface area contributed by atoms with Gasteiger partial charge >= 0.3 is 0 Å². The Morgan fingerprint density at radius 3 is 2.64 bits per heavy atom. The van der Waals surface area contributed by atoms with Crippen LogP contribution >= 0.6 is 11.3 Å². The molecule has 2 aromatic carbocycles. The molecule has 2 heterocycles. The molecule has 1 N–H and O–H groups in total. The van der Waals surface area contributed by atoms with Crippen LogP contribution in [0.4, 0.5) is 10.8 Å². The van der Waals surface area contributed by atoms with E-state index in [0.717, 1.165) is 28.4 Å². The first-order valence-corrected chi connectivity index (χ1v) is 11.3. The summed E-state index contributed by atoms with van der Waals surface area (Å²) in [6, 6.07) is 11.8. The number of ether oxygens (including phenoxy) is 2. The Bertz CT molecular complexity index is 1060. The molecule has 4 rings (SSSR count). The fourth-order valence-electron chi connectivity index (χ4n) is 2.96. The lowest BCUT2D eigenvalue weighted by Crippen LogP contribution is -2.36. The number of anilines is 2. The summed E-state index contributed by atoms with van der Waals surface area (Å²) < 4.78 is 39.7. The molecule has 0 spiro atoms. The lowest BCUT2D eigenvalue weighted by Gasteiger charge is -2.25. The van der Waals surface area contributed by atoms with E-state index < -0.39 is 10.0 Å². The molecule has 0 unspecified atom stereocenters. The smallest absolute Gasteiger partial charge is 0.261 e. The number of fused-ring (bicyclic) bond motifs is 1. The van der Waals surface area contributed by atoms with Gasteiger partial charge in [-0.3, -0.25) is 4.72 Å². The molecule has 1 aromatic heterocycles. The van der Waals surface area contributed by atoms with E-state index in [9.17, 15) is 8.42 Å². The van der Waals surface area contributed by atoms with Crippen LogP contribution in [0.3, 0.4) is 0 Å². The second-order valence-electron chi connectivity index (χ2n) is 6.29. The van der Waals surface area contributed by atoms with E-state index in [1.807, 2.05) is 19.1 Å². The minimum Gasteiger partial charge on any atom is -0.494 e. The molecule has 0 aliphatic carbocycles. The number of hydrogen-bond donors (Lipinski definition) is 1. The summed E-state index contributed by atoms with van der Waals surface area (Å²) in [5, 5.41) is 0.935. The average Bonchev–Trinajstić information content (AvgIpc) is 3.12. The number of thiazole rings is 1. The first-order chi connectivity index (χ1) is 13.5. The van der Waals surface area contributed by atoms with Crippen LogP contribution < -0.4 is 14.4 Å². The van der Waals surface area contributed by atoms with Crippen LogP contribution in [0.1, 0.15) is 6.92 Å². The standard InChI is InChI=1S/C19H21N3O4S2/c1-2-26-15-4-6-16(7-5-15)28(23,24)21-14-3-8-17-18(13-14)27-19(20-17)22-9-11-25-12-10-22/h3-8,13,21H,2,9-12H2,1H3. The normalized spacial score (nSPS) is 15.0. The molecule has 0 amide bonds. The lowest BCUT2D eigenvalue weighted by atomic mass is 10.3. The molecule has 0 saturated carbocycles. The molecule has 148 valence electrons. The number of sulfonamides is 1. The zero-order valence-corrected chi connectivity index (χ0v) is 17.1. The van der Waals surface area contributed by atoms with Gasteiger partial charge in [-0.05, 0) is 49.4 Å². The van der Waals surface area contributed by atoms with Crippen LogP contribution in [0.5, 0.6) is 5.75 Å². The van der Waals surface area contributed by atoms with E-state index in [1.54, 1.807) is 29.5 Å². The van der Waals surface area contributed by atoms with E-state index in [1.165, 1.54) is 12.1 Å². The summed E-state index contributed by atoms with van der Waals surface area (Å²) in [6.07, 6.45) is 0. The molecule has 3 aromatic rings. The molecule has 0 bridgehead atoms. The highest BCUT2D eigenvalue weighted by Crippen LogP contribution is 2.31. The van der Waals surface area contributed by atoms with Crippen molar-refractivity contribution in [3.63, 3.8) is 0 Å². The van der Waals surface area contributed by atoms with Crippen LogP contribution in [0.25, 0.3) is 10.2 Å². The summed E-state index contributed by atoms with van der Waals surface area (Å²) >= 11 is 1.56. The van der Waals surface area contributed by atoms with Crippen LogP contribution in [0, 0.1) is 0 Å². The Hall–Kier alpha value is -2.36. The third kappa shape index (κ3) is 4.06. The molecule has 9 heteroatoms. The van der Waals surface area contributed by atoms with Gasteiger partial charge in [-0.15, -0.1) is 0 Å². The lowest BCUT2D eigenvalue weighted by molar-refractivity contribution is 0.122. The number of nitrogens with one attached hydrogen (secondary N) is 1. The number of hydrogen-bond acceptors (Lipinski definition) is 7. The molecule has 1 aliphatic heterocycles. The van der Waals surface area contributed by atoms with E-state index in [0.29, 0.717) is 31.3 Å². The van der Waals surface area contributed by atoms with Crippen molar-refractivity contribution < 1.29 is 17.9 Å². The summed E-state index contributed by atoms with van der Waals surface area (Å²) in [5.74, 6) is 0.642. The number of morpholine rings is 1. The quantitative estimate of drug-likeness (QED) is 0.660. The number of nitrogens with zero attached hydrogens (tertiary/aromatic N) is 2. The van der Waals surface area contributed by atoms with Gasteiger partial charge in [-0.1, -0.05) is 11.3 Å². The third-order valence-corrected chi connectivity index (χ3v) is 6.83. The highest BCUT2D eigenvalue weighted by Gasteiger charge is 2.17. The molecule has 28 heavy (non-hydrogen) atoms. The summed E-state index contributed by atoms with van der Waals surface area (Å²) in [5.41, 5.74) is 1.37. The van der Waals surface area contributed by atoms with Crippen molar-refractivity contribution in [2.45, 2.75) is 11.8 Å². The van der Waals surface area contributed by atoms with Gasteiger partial charge in [0.25, 0.3) is 10.0 Å². The van der Waals surface area contributed by atoms with E-state index >= 15 is 0 Å². The second kappa shape index (κ2) is 7.94. The van der Waals surface area contributed by atoms with Gasteiger partial charge in [0.2, 0.25) is 0 Å². The number of rotatable bonds is 6. The van der Waals surface area contributed by atoms with Gasteiger partial charge < -0.3 is 14.4 Å². The minimum atomic E-state index is -3.68. The van der Waals surface area contributed by atoms with Crippen LogP contribution in [-0.4, -0.2) is 46.3 Å². The van der Waals surface area contributed by atoms with Crippen molar-refractivity contribution in [2.24, 2.45) is 0 Å². The van der Waals surface area contributed by atoms with Gasteiger partial charge in [-0.25, -0.2) is 13.4 Å². The maximum absolute atomic E-state index is 12.7. The predicted molar refractivity (Wildman–Crippen MR) is 111 cm³/mol. The molecule has 7 nitrogen and oxygen atoms in total. The zero-order chi connectivity index (χ0) is 19.6. The van der Waals surface area contributed by atoms with Crippen molar-refractivity contribution >= 4 is 42.4 Å². The van der Waals surface area contributed by atoms with Crippen LogP contribution in [-0.2, 0) is 14.8 Å².